The lowest BCUT2D eigenvalue weighted by Crippen LogP contribution is -2.22. The van der Waals surface area contributed by atoms with Crippen LogP contribution >= 0.6 is 15.9 Å². The summed E-state index contributed by atoms with van der Waals surface area (Å²) >= 11 is 3.03. The van der Waals surface area contributed by atoms with Crippen LogP contribution in [0, 0.1) is 15.9 Å². The zero-order chi connectivity index (χ0) is 13.4. The number of imide groups is 1. The molecule has 1 N–H and O–H groups in total. The maximum Gasteiger partial charge on any atom is 0.304 e. The molecule has 2 rings (SSSR count). The van der Waals surface area contributed by atoms with Crippen LogP contribution in [0.3, 0.4) is 0 Å². The normalized spacial score (nSPS) is 23.0. The van der Waals surface area contributed by atoms with Crippen molar-refractivity contribution < 1.29 is 18.9 Å². The molecule has 1 fully saturated rings. The Hall–Kier alpha value is -1.83. The number of nitrogens with zero attached hydrogens (tertiary/aromatic N) is 1. The van der Waals surface area contributed by atoms with E-state index < -0.39 is 39.0 Å². The van der Waals surface area contributed by atoms with Crippen molar-refractivity contribution in [1.29, 1.82) is 0 Å². The molecule has 0 aliphatic carbocycles. The number of hydrogen-bond acceptors (Lipinski definition) is 4. The van der Waals surface area contributed by atoms with E-state index in [9.17, 15) is 24.1 Å². The molecule has 1 aromatic rings. The van der Waals surface area contributed by atoms with Gasteiger partial charge in [0.25, 0.3) is 0 Å². The molecule has 18 heavy (non-hydrogen) atoms. The topological polar surface area (TPSA) is 89.3 Å². The largest absolute Gasteiger partial charge is 0.304 e. The van der Waals surface area contributed by atoms with Crippen LogP contribution in [0.4, 0.5) is 10.1 Å². The molecule has 1 aromatic carbocycles. The van der Waals surface area contributed by atoms with Gasteiger partial charge in [-0.3, -0.25) is 25.0 Å². The molecule has 2 atom stereocenters. The maximum atomic E-state index is 13.4. The molecule has 0 radical (unpaired) electrons. The summed E-state index contributed by atoms with van der Waals surface area (Å²) in [7, 11) is 0. The Morgan fingerprint density at radius 1 is 1.33 bits per heavy atom. The van der Waals surface area contributed by atoms with Gasteiger partial charge in [0.05, 0.1) is 10.8 Å². The van der Waals surface area contributed by atoms with Gasteiger partial charge < -0.3 is 0 Å². The first-order valence-corrected chi connectivity index (χ1v) is 5.76. The van der Waals surface area contributed by atoms with Crippen LogP contribution in [0.1, 0.15) is 11.5 Å². The zero-order valence-corrected chi connectivity index (χ0v) is 10.3. The quantitative estimate of drug-likeness (QED) is 0.385. The highest BCUT2D eigenvalue weighted by molar-refractivity contribution is 9.10. The van der Waals surface area contributed by atoms with Crippen molar-refractivity contribution in [2.75, 3.05) is 0 Å². The lowest BCUT2D eigenvalue weighted by atomic mass is 9.97. The van der Waals surface area contributed by atoms with E-state index in [0.29, 0.717) is 0 Å². The van der Waals surface area contributed by atoms with E-state index in [2.05, 4.69) is 21.2 Å². The van der Waals surface area contributed by atoms with Crippen LogP contribution < -0.4 is 5.32 Å². The number of carbonyl (C=O) groups is 2. The smallest absolute Gasteiger partial charge is 0.295 e. The van der Waals surface area contributed by atoms with E-state index in [1.165, 1.54) is 6.07 Å². The van der Waals surface area contributed by atoms with Crippen molar-refractivity contribution in [2.24, 2.45) is 0 Å². The molecule has 6 nitrogen and oxygen atoms in total. The van der Waals surface area contributed by atoms with E-state index >= 15 is 0 Å². The van der Waals surface area contributed by atoms with Crippen molar-refractivity contribution in [1.82, 2.24) is 5.32 Å². The molecule has 1 heterocycles. The highest BCUT2D eigenvalue weighted by Crippen LogP contribution is 2.32. The van der Waals surface area contributed by atoms with Gasteiger partial charge >= 0.3 is 5.69 Å². The average molecular weight is 317 g/mol. The monoisotopic (exact) mass is 316 g/mol. The number of hydrogen-bond donors (Lipinski definition) is 1. The number of nitro benzene ring substituents is 1. The number of rotatable bonds is 2. The Labute approximate surface area is 108 Å². The number of alkyl halides is 1. The van der Waals surface area contributed by atoms with Crippen LogP contribution in [-0.4, -0.2) is 21.6 Å². The number of benzene rings is 1. The summed E-state index contributed by atoms with van der Waals surface area (Å²) in [6, 6.07) is 3.13. The third kappa shape index (κ3) is 1.99. The predicted molar refractivity (Wildman–Crippen MR) is 61.7 cm³/mol. The summed E-state index contributed by atoms with van der Waals surface area (Å²) in [6.07, 6.45) is 0. The van der Waals surface area contributed by atoms with E-state index in [4.69, 9.17) is 0 Å². The zero-order valence-electron chi connectivity index (χ0n) is 8.72. The molecule has 0 spiro atoms. The first-order chi connectivity index (χ1) is 8.41. The van der Waals surface area contributed by atoms with Crippen molar-refractivity contribution in [2.45, 2.75) is 10.7 Å². The van der Waals surface area contributed by atoms with Crippen molar-refractivity contribution in [3.05, 3.63) is 39.7 Å². The van der Waals surface area contributed by atoms with Crippen LogP contribution in [0.5, 0.6) is 0 Å². The molecule has 1 saturated heterocycles. The molecule has 1 aliphatic rings. The number of nitro groups is 1. The highest BCUT2D eigenvalue weighted by Gasteiger charge is 2.41. The van der Waals surface area contributed by atoms with Gasteiger partial charge in [0, 0.05) is 6.07 Å². The second-order valence-corrected chi connectivity index (χ2v) is 4.69. The summed E-state index contributed by atoms with van der Waals surface area (Å²) in [5, 5.41) is 12.5. The predicted octanol–water partition coefficient (Wildman–Crippen LogP) is 1.24. The third-order valence-electron chi connectivity index (χ3n) is 2.60. The molecule has 0 aromatic heterocycles. The fourth-order valence-electron chi connectivity index (χ4n) is 1.74. The lowest BCUT2D eigenvalue weighted by molar-refractivity contribution is -0.387. The molecule has 0 saturated carbocycles. The molecule has 2 amide bonds. The summed E-state index contributed by atoms with van der Waals surface area (Å²) in [5.41, 5.74) is -0.460. The Kier molecular flexibility index (Phi) is 3.12. The van der Waals surface area contributed by atoms with E-state index in [1.807, 2.05) is 0 Å². The van der Waals surface area contributed by atoms with Gasteiger partial charge in [-0.2, -0.15) is 4.39 Å². The molecular formula is C10H6BrFN2O4. The SMILES string of the molecule is O=C1NC(=O)C(c2ccc([N+](=O)[O-])c(F)c2)C1Br. The van der Waals surface area contributed by atoms with Gasteiger partial charge in [-0.05, 0) is 11.6 Å². The van der Waals surface area contributed by atoms with Gasteiger partial charge in [0.15, 0.2) is 0 Å². The van der Waals surface area contributed by atoms with Crippen LogP contribution in [-0.2, 0) is 9.59 Å². The maximum absolute atomic E-state index is 13.4. The van der Waals surface area contributed by atoms with Gasteiger partial charge in [0.2, 0.25) is 17.6 Å². The second-order valence-electron chi connectivity index (χ2n) is 3.70. The fourth-order valence-corrected chi connectivity index (χ4v) is 2.40. The Balaban J connectivity index is 2.41. The van der Waals surface area contributed by atoms with Crippen molar-refractivity contribution in [3.63, 3.8) is 0 Å². The van der Waals surface area contributed by atoms with Crippen LogP contribution in [0.15, 0.2) is 18.2 Å². The van der Waals surface area contributed by atoms with E-state index in [-0.39, 0.29) is 5.56 Å². The summed E-state index contributed by atoms with van der Waals surface area (Å²) in [6.45, 7) is 0. The number of carbonyl (C=O) groups excluding carboxylic acids is 2. The van der Waals surface area contributed by atoms with Gasteiger partial charge in [-0.25, -0.2) is 0 Å². The molecule has 8 heteroatoms. The minimum Gasteiger partial charge on any atom is -0.295 e. The lowest BCUT2D eigenvalue weighted by Gasteiger charge is -2.09. The molecule has 94 valence electrons. The summed E-state index contributed by atoms with van der Waals surface area (Å²) in [5.74, 6) is -2.99. The van der Waals surface area contributed by atoms with Gasteiger partial charge in [0.1, 0.15) is 4.83 Å². The number of amides is 2. The standard InChI is InChI=1S/C10H6BrFN2O4/c11-8-7(9(15)13-10(8)16)4-1-2-6(14(17)18)5(12)3-4/h1-3,7-8H,(H,13,15,16). The van der Waals surface area contributed by atoms with Gasteiger partial charge in [-0.15, -0.1) is 0 Å². The van der Waals surface area contributed by atoms with E-state index in [1.54, 1.807) is 0 Å². The summed E-state index contributed by atoms with van der Waals surface area (Å²) < 4.78 is 13.4. The Morgan fingerprint density at radius 3 is 2.44 bits per heavy atom. The first kappa shape index (κ1) is 12.6. The number of halogens is 2. The second kappa shape index (κ2) is 4.45. The fraction of sp³-hybridized carbons (Fsp3) is 0.200. The number of nitrogens with one attached hydrogen (secondary N) is 1. The highest BCUT2D eigenvalue weighted by atomic mass is 79.9. The van der Waals surface area contributed by atoms with E-state index in [0.717, 1.165) is 12.1 Å². The molecule has 2 unspecified atom stereocenters. The minimum atomic E-state index is -1.04. The molecule has 0 bridgehead atoms. The molecule has 1 aliphatic heterocycles. The molecular weight excluding hydrogens is 311 g/mol. The Bertz CT molecular complexity index is 563. The van der Waals surface area contributed by atoms with Crippen LogP contribution in [0.2, 0.25) is 0 Å². The third-order valence-corrected chi connectivity index (χ3v) is 3.54. The van der Waals surface area contributed by atoms with Crippen LogP contribution in [0.25, 0.3) is 0 Å². The van der Waals surface area contributed by atoms with Crippen molar-refractivity contribution in [3.8, 4) is 0 Å². The Morgan fingerprint density at radius 2 is 2.00 bits per heavy atom. The summed E-state index contributed by atoms with van der Waals surface area (Å²) in [4.78, 5) is 31.6. The average Bonchev–Trinajstić information content (AvgIpc) is 2.52. The van der Waals surface area contributed by atoms with Gasteiger partial charge in [-0.1, -0.05) is 22.0 Å². The van der Waals surface area contributed by atoms with Crippen molar-refractivity contribution >= 4 is 33.4 Å². The first-order valence-electron chi connectivity index (χ1n) is 4.84. The minimum absolute atomic E-state index is 0.211.